The fourth-order valence-electron chi connectivity index (χ4n) is 7.47. The average molecular weight is 946 g/mol. The van der Waals surface area contributed by atoms with Gasteiger partial charge in [-0.05, 0) is 92.9 Å². The molecule has 1 aliphatic rings. The number of morpholine rings is 1. The molecule has 3 aromatic carbocycles. The standard InChI is InChI=1S/C51H75N5O10Si/c1-34(2)44(47(59)52-40(31-36-21-17-14-18-22-36)46(58)55-48(60)56-25-27-64-28-26-56)54-45(57)38(29-37-23-24-41(62-9)43(32-37)63-10)33-42(66-67(11,12)51(6,7)8)39(30-35-19-15-13-16-20-35)53-49(61)65-50(3,4)5/h13-24,32,34,38-40,42,44H,25-31,33H2,1-12H3,(H,52,59)(H,53,61)(H,54,57)(H,55,58,60). The molecule has 4 N–H and O–H groups in total. The van der Waals surface area contributed by atoms with Crippen LogP contribution in [0.4, 0.5) is 9.59 Å². The minimum atomic E-state index is -2.61. The summed E-state index contributed by atoms with van der Waals surface area (Å²) in [6.07, 6.45) is -0.525. The maximum absolute atomic E-state index is 15.1. The van der Waals surface area contributed by atoms with Crippen LogP contribution in [0, 0.1) is 11.8 Å². The van der Waals surface area contributed by atoms with Crippen molar-refractivity contribution < 1.29 is 47.3 Å². The Bertz CT molecular complexity index is 2080. The summed E-state index contributed by atoms with van der Waals surface area (Å²) in [6.45, 7) is 21.0. The zero-order valence-corrected chi connectivity index (χ0v) is 42.7. The largest absolute Gasteiger partial charge is 0.493 e. The van der Waals surface area contributed by atoms with E-state index in [0.29, 0.717) is 44.2 Å². The molecule has 368 valence electrons. The Kier molecular flexibility index (Phi) is 19.8. The van der Waals surface area contributed by atoms with Crippen LogP contribution in [0.25, 0.3) is 0 Å². The van der Waals surface area contributed by atoms with Crippen molar-refractivity contribution in [1.29, 1.82) is 0 Å². The Morgan fingerprint density at radius 1 is 0.701 bits per heavy atom. The number of methoxy groups -OCH3 is 2. The number of carbonyl (C=O) groups excluding carboxylic acids is 5. The van der Waals surface area contributed by atoms with Gasteiger partial charge in [-0.25, -0.2) is 9.59 Å². The van der Waals surface area contributed by atoms with E-state index in [2.05, 4.69) is 55.1 Å². The van der Waals surface area contributed by atoms with E-state index < -0.39 is 79.8 Å². The molecule has 0 aliphatic carbocycles. The highest BCUT2D eigenvalue weighted by molar-refractivity contribution is 6.74. The third-order valence-corrected chi connectivity index (χ3v) is 16.7. The summed E-state index contributed by atoms with van der Waals surface area (Å²) >= 11 is 0. The van der Waals surface area contributed by atoms with Crippen molar-refractivity contribution in [2.24, 2.45) is 11.8 Å². The Balaban J connectivity index is 1.75. The summed E-state index contributed by atoms with van der Waals surface area (Å²) in [5, 5.41) is 11.3. The first-order chi connectivity index (χ1) is 31.5. The molecule has 1 heterocycles. The van der Waals surface area contributed by atoms with Crippen molar-refractivity contribution >= 4 is 38.2 Å². The van der Waals surface area contributed by atoms with Gasteiger partial charge in [-0.1, -0.05) is 101 Å². The summed E-state index contributed by atoms with van der Waals surface area (Å²) in [6, 6.07) is 20.9. The van der Waals surface area contributed by atoms with Crippen LogP contribution < -0.4 is 30.7 Å². The predicted molar refractivity (Wildman–Crippen MR) is 262 cm³/mol. The molecule has 6 amide bonds. The van der Waals surface area contributed by atoms with E-state index in [-0.39, 0.29) is 24.3 Å². The molecule has 5 unspecified atom stereocenters. The van der Waals surface area contributed by atoms with Crippen LogP contribution >= 0.6 is 0 Å². The van der Waals surface area contributed by atoms with E-state index in [1.54, 1.807) is 41.1 Å². The number of amides is 6. The number of benzene rings is 3. The van der Waals surface area contributed by atoms with E-state index in [9.17, 15) is 19.2 Å². The van der Waals surface area contributed by atoms with Gasteiger partial charge in [0.05, 0.1) is 39.6 Å². The molecule has 1 saturated heterocycles. The van der Waals surface area contributed by atoms with Gasteiger partial charge in [0, 0.05) is 25.4 Å². The Morgan fingerprint density at radius 3 is 1.82 bits per heavy atom. The van der Waals surface area contributed by atoms with Crippen LogP contribution in [-0.2, 0) is 47.5 Å². The smallest absolute Gasteiger partial charge is 0.407 e. The van der Waals surface area contributed by atoms with Crippen molar-refractivity contribution in [3.8, 4) is 11.5 Å². The number of nitrogens with one attached hydrogen (secondary N) is 4. The molecule has 0 aromatic heterocycles. The Labute approximate surface area is 398 Å². The number of carbonyl (C=O) groups is 5. The Hall–Kier alpha value is -5.45. The highest BCUT2D eigenvalue weighted by Gasteiger charge is 2.43. The molecular formula is C51H75N5O10Si. The molecular weight excluding hydrogens is 871 g/mol. The van der Waals surface area contributed by atoms with E-state index in [1.807, 2.05) is 86.6 Å². The highest BCUT2D eigenvalue weighted by Crippen LogP contribution is 2.39. The highest BCUT2D eigenvalue weighted by atomic mass is 28.4. The summed E-state index contributed by atoms with van der Waals surface area (Å²) in [5.41, 5.74) is 1.70. The van der Waals surface area contributed by atoms with Crippen molar-refractivity contribution in [3.05, 3.63) is 95.6 Å². The van der Waals surface area contributed by atoms with E-state index in [4.69, 9.17) is 23.4 Å². The van der Waals surface area contributed by atoms with Gasteiger partial charge in [-0.2, -0.15) is 0 Å². The molecule has 16 heteroatoms. The second kappa shape index (κ2) is 24.5. The molecule has 1 aliphatic heterocycles. The zero-order chi connectivity index (χ0) is 49.5. The van der Waals surface area contributed by atoms with Crippen LogP contribution in [-0.4, -0.2) is 113 Å². The number of rotatable bonds is 20. The maximum Gasteiger partial charge on any atom is 0.407 e. The second-order valence-corrected chi connectivity index (χ2v) is 24.8. The van der Waals surface area contributed by atoms with Crippen LogP contribution in [0.15, 0.2) is 78.9 Å². The van der Waals surface area contributed by atoms with Gasteiger partial charge in [-0.3, -0.25) is 19.7 Å². The minimum absolute atomic E-state index is 0.0927. The van der Waals surface area contributed by atoms with E-state index >= 15 is 4.79 Å². The molecule has 0 bridgehead atoms. The number of hydrogen-bond acceptors (Lipinski definition) is 10. The van der Waals surface area contributed by atoms with Gasteiger partial charge in [0.1, 0.15) is 17.7 Å². The topological polar surface area (TPSA) is 183 Å². The molecule has 4 rings (SSSR count). The van der Waals surface area contributed by atoms with Gasteiger partial charge in [0.25, 0.3) is 5.91 Å². The molecule has 0 saturated carbocycles. The SMILES string of the molecule is COc1ccc(CC(CC(O[Si](C)(C)C(C)(C)C)C(Cc2ccccc2)NC(=O)OC(C)(C)C)C(=O)NC(C(=O)NC(Cc2ccccc2)C(=O)NC(=O)N2CCOCC2)C(C)C)cc1OC. The lowest BCUT2D eigenvalue weighted by atomic mass is 9.88. The molecule has 67 heavy (non-hydrogen) atoms. The molecule has 1 fully saturated rings. The van der Waals surface area contributed by atoms with Crippen molar-refractivity contribution in [1.82, 2.24) is 26.2 Å². The van der Waals surface area contributed by atoms with Crippen molar-refractivity contribution in [2.75, 3.05) is 40.5 Å². The first-order valence-corrected chi connectivity index (χ1v) is 26.1. The minimum Gasteiger partial charge on any atom is -0.493 e. The van der Waals surface area contributed by atoms with Crippen LogP contribution in [0.5, 0.6) is 11.5 Å². The van der Waals surface area contributed by atoms with Crippen LogP contribution in [0.2, 0.25) is 18.1 Å². The fraction of sp³-hybridized carbons (Fsp3) is 0.549. The number of urea groups is 1. The van der Waals surface area contributed by atoms with E-state index in [0.717, 1.165) is 16.7 Å². The summed E-state index contributed by atoms with van der Waals surface area (Å²) in [5.74, 6) is -1.96. The normalized spacial score (nSPS) is 15.6. The number of alkyl carbamates (subject to hydrolysis) is 1. The molecule has 15 nitrogen and oxygen atoms in total. The van der Waals surface area contributed by atoms with Crippen LogP contribution in [0.3, 0.4) is 0 Å². The fourth-order valence-corrected chi connectivity index (χ4v) is 8.84. The quantitative estimate of drug-likeness (QED) is 0.0845. The first kappa shape index (κ1) is 54.2. The number of ether oxygens (including phenoxy) is 4. The average Bonchev–Trinajstić information content (AvgIpc) is 3.26. The van der Waals surface area contributed by atoms with Crippen LogP contribution in [0.1, 0.15) is 78.5 Å². The van der Waals surface area contributed by atoms with Crippen molar-refractivity contribution in [2.45, 2.75) is 129 Å². The van der Waals surface area contributed by atoms with Gasteiger partial charge >= 0.3 is 12.1 Å². The zero-order valence-electron chi connectivity index (χ0n) is 41.7. The van der Waals surface area contributed by atoms with Gasteiger partial charge < -0.3 is 44.2 Å². The monoisotopic (exact) mass is 946 g/mol. The predicted octanol–water partition coefficient (Wildman–Crippen LogP) is 7.22. The summed E-state index contributed by atoms with van der Waals surface area (Å²) in [7, 11) is 0.478. The van der Waals surface area contributed by atoms with Gasteiger partial charge in [0.15, 0.2) is 19.8 Å². The summed E-state index contributed by atoms with van der Waals surface area (Å²) < 4.78 is 29.6. The van der Waals surface area contributed by atoms with Gasteiger partial charge in [0.2, 0.25) is 11.8 Å². The number of hydrogen-bond donors (Lipinski definition) is 4. The first-order valence-electron chi connectivity index (χ1n) is 23.2. The maximum atomic E-state index is 15.1. The molecule has 3 aromatic rings. The lowest BCUT2D eigenvalue weighted by molar-refractivity contribution is -0.134. The Morgan fingerprint density at radius 2 is 1.28 bits per heavy atom. The number of nitrogens with zero attached hydrogens (tertiary/aromatic N) is 1. The van der Waals surface area contributed by atoms with Crippen molar-refractivity contribution in [3.63, 3.8) is 0 Å². The molecule has 0 spiro atoms. The third kappa shape index (κ3) is 17.0. The molecule has 5 atom stereocenters. The number of imide groups is 1. The van der Waals surface area contributed by atoms with Gasteiger partial charge in [-0.15, -0.1) is 0 Å². The lowest BCUT2D eigenvalue weighted by Crippen LogP contribution is -2.59. The third-order valence-electron chi connectivity index (χ3n) is 12.2. The second-order valence-electron chi connectivity index (χ2n) is 20.1. The van der Waals surface area contributed by atoms with E-state index in [1.165, 1.54) is 4.90 Å². The summed E-state index contributed by atoms with van der Waals surface area (Å²) in [4.78, 5) is 71.8. The lowest BCUT2D eigenvalue weighted by Gasteiger charge is -2.42. The molecule has 0 radical (unpaired) electrons.